The van der Waals surface area contributed by atoms with Crippen LogP contribution < -0.4 is 0 Å². The summed E-state index contributed by atoms with van der Waals surface area (Å²) in [5.41, 5.74) is 1.93. The summed E-state index contributed by atoms with van der Waals surface area (Å²) in [5.74, 6) is -0.811. The Kier molecular flexibility index (Phi) is 3.94. The summed E-state index contributed by atoms with van der Waals surface area (Å²) in [7, 11) is 3.22. The molecule has 148 valence electrons. The standard InChI is InChI=1S/C20H18N4O4S/c1-22-10-13-18-17-14(21-23(18)12-6-4-3-5-7-12)8-15(19(25)28-2)29-16(17)9-20(13,11-22)24(26)27/h3-9,13H,10-11H2,1-2H3. The number of hydrogen-bond acceptors (Lipinski definition) is 7. The van der Waals surface area contributed by atoms with Gasteiger partial charge in [0.25, 0.3) is 5.54 Å². The van der Waals surface area contributed by atoms with Crippen molar-refractivity contribution in [1.82, 2.24) is 14.7 Å². The lowest BCUT2D eigenvalue weighted by molar-refractivity contribution is -0.554. The van der Waals surface area contributed by atoms with Gasteiger partial charge in [0, 0.05) is 28.0 Å². The molecule has 3 aliphatic rings. The van der Waals surface area contributed by atoms with Crippen LogP contribution in [0.25, 0.3) is 16.7 Å². The number of fused-ring (bicyclic) bond motifs is 2. The van der Waals surface area contributed by atoms with Gasteiger partial charge in [-0.2, -0.15) is 5.10 Å². The van der Waals surface area contributed by atoms with Crippen molar-refractivity contribution in [1.29, 1.82) is 0 Å². The second-order valence-electron chi connectivity index (χ2n) is 7.50. The largest absolute Gasteiger partial charge is 0.465 e. The summed E-state index contributed by atoms with van der Waals surface area (Å²) in [6, 6.07) is 9.59. The summed E-state index contributed by atoms with van der Waals surface area (Å²) < 4.78 is 6.68. The highest BCUT2D eigenvalue weighted by atomic mass is 32.2. The van der Waals surface area contributed by atoms with Gasteiger partial charge in [-0.05, 0) is 25.3 Å². The van der Waals surface area contributed by atoms with Gasteiger partial charge >= 0.3 is 5.97 Å². The minimum Gasteiger partial charge on any atom is -0.465 e. The number of nitrogens with zero attached hydrogens (tertiary/aromatic N) is 4. The molecule has 2 atom stereocenters. The molecule has 1 aliphatic carbocycles. The molecule has 1 aromatic heterocycles. The van der Waals surface area contributed by atoms with Crippen molar-refractivity contribution < 1.29 is 14.5 Å². The van der Waals surface area contributed by atoms with Crippen molar-refractivity contribution in [2.24, 2.45) is 0 Å². The molecule has 2 aromatic rings. The van der Waals surface area contributed by atoms with E-state index in [0.29, 0.717) is 28.6 Å². The lowest BCUT2D eigenvalue weighted by atomic mass is 9.78. The first-order valence-corrected chi connectivity index (χ1v) is 9.99. The number of carbonyl (C=O) groups is 1. The summed E-state index contributed by atoms with van der Waals surface area (Å²) >= 11 is 1.22. The Morgan fingerprint density at radius 1 is 1.38 bits per heavy atom. The van der Waals surface area contributed by atoms with Crippen molar-refractivity contribution in [3.8, 4) is 5.69 Å². The van der Waals surface area contributed by atoms with Crippen LogP contribution in [0, 0.1) is 10.1 Å². The molecular formula is C20H18N4O4S. The molecule has 0 saturated carbocycles. The van der Waals surface area contributed by atoms with Crippen LogP contribution in [0.15, 0.2) is 41.3 Å². The van der Waals surface area contributed by atoms with Crippen molar-refractivity contribution in [3.63, 3.8) is 0 Å². The molecule has 3 heterocycles. The topological polar surface area (TPSA) is 90.5 Å². The van der Waals surface area contributed by atoms with E-state index in [0.717, 1.165) is 16.9 Å². The predicted octanol–water partition coefficient (Wildman–Crippen LogP) is 2.53. The number of carbonyl (C=O) groups excluding carboxylic acids is 1. The zero-order chi connectivity index (χ0) is 20.3. The number of benzene rings is 1. The number of para-hydroxylation sites is 1. The van der Waals surface area contributed by atoms with E-state index in [1.165, 1.54) is 18.9 Å². The van der Waals surface area contributed by atoms with Crippen LogP contribution >= 0.6 is 11.8 Å². The van der Waals surface area contributed by atoms with E-state index in [4.69, 9.17) is 9.84 Å². The van der Waals surface area contributed by atoms with Gasteiger partial charge in [-0.25, -0.2) is 9.48 Å². The Hall–Kier alpha value is -2.91. The maximum Gasteiger partial charge on any atom is 0.344 e. The molecule has 1 saturated heterocycles. The van der Waals surface area contributed by atoms with E-state index in [2.05, 4.69) is 0 Å². The first kappa shape index (κ1) is 18.1. The minimum absolute atomic E-state index is 0.185. The molecule has 8 nitrogen and oxygen atoms in total. The molecule has 2 aliphatic heterocycles. The Bertz CT molecular complexity index is 1110. The average Bonchev–Trinajstić information content (AvgIpc) is 3.27. The Labute approximate surface area is 171 Å². The van der Waals surface area contributed by atoms with Gasteiger partial charge in [0.15, 0.2) is 0 Å². The second kappa shape index (κ2) is 6.30. The number of hydrogen-bond donors (Lipinski definition) is 0. The van der Waals surface area contributed by atoms with Crippen molar-refractivity contribution in [3.05, 3.63) is 68.4 Å². The van der Waals surface area contributed by atoms with Crippen LogP contribution in [-0.4, -0.2) is 58.4 Å². The molecule has 0 spiro atoms. The van der Waals surface area contributed by atoms with Gasteiger partial charge in [-0.1, -0.05) is 30.0 Å². The van der Waals surface area contributed by atoms with E-state index in [9.17, 15) is 14.9 Å². The number of rotatable bonds is 3. The zero-order valence-electron chi connectivity index (χ0n) is 15.9. The fourth-order valence-electron chi connectivity index (χ4n) is 4.53. The number of aromatic nitrogens is 2. The van der Waals surface area contributed by atoms with Gasteiger partial charge < -0.3 is 4.74 Å². The van der Waals surface area contributed by atoms with E-state index in [-0.39, 0.29) is 10.8 Å². The first-order chi connectivity index (χ1) is 13.9. The Morgan fingerprint density at radius 2 is 2.14 bits per heavy atom. The molecule has 29 heavy (non-hydrogen) atoms. The SMILES string of the molecule is COC(=O)C1=Cc2nn(-c3ccccc3)c3c2C(=CC2([N+](=O)[O-])CN(C)CC32)S1. The van der Waals surface area contributed by atoms with Crippen LogP contribution in [-0.2, 0) is 9.53 Å². The maximum absolute atomic E-state index is 12.3. The third-order valence-corrected chi connectivity index (χ3v) is 6.79. The third kappa shape index (κ3) is 2.50. The van der Waals surface area contributed by atoms with Crippen LogP contribution in [0.1, 0.15) is 22.9 Å². The fourth-order valence-corrected chi connectivity index (χ4v) is 5.68. The molecule has 0 amide bonds. The number of ether oxygens (including phenoxy) is 1. The minimum atomic E-state index is -1.26. The van der Waals surface area contributed by atoms with Gasteiger partial charge in [0.05, 0.1) is 41.6 Å². The Balaban J connectivity index is 1.81. The van der Waals surface area contributed by atoms with Crippen molar-refractivity contribution in [2.45, 2.75) is 11.5 Å². The quantitative estimate of drug-likeness (QED) is 0.436. The molecule has 1 aromatic carbocycles. The van der Waals surface area contributed by atoms with Crippen molar-refractivity contribution in [2.75, 3.05) is 27.2 Å². The zero-order valence-corrected chi connectivity index (χ0v) is 16.7. The number of likely N-dealkylation sites (tertiary alicyclic amines) is 1. The van der Waals surface area contributed by atoms with Crippen molar-refractivity contribution >= 4 is 28.7 Å². The normalized spacial score (nSPS) is 25.0. The summed E-state index contributed by atoms with van der Waals surface area (Å²) in [6.45, 7) is 0.870. The lowest BCUT2D eigenvalue weighted by Crippen LogP contribution is -2.45. The molecule has 1 fully saturated rings. The molecule has 0 bridgehead atoms. The van der Waals surface area contributed by atoms with Crippen LogP contribution in [0.5, 0.6) is 0 Å². The molecule has 2 unspecified atom stereocenters. The lowest BCUT2D eigenvalue weighted by Gasteiger charge is -2.31. The van der Waals surface area contributed by atoms with Gasteiger partial charge in [-0.15, -0.1) is 0 Å². The number of thioether (sulfide) groups is 1. The third-order valence-electron chi connectivity index (χ3n) is 5.74. The van der Waals surface area contributed by atoms with Gasteiger partial charge in [0.1, 0.15) is 0 Å². The maximum atomic E-state index is 12.3. The van der Waals surface area contributed by atoms with E-state index < -0.39 is 11.5 Å². The first-order valence-electron chi connectivity index (χ1n) is 9.17. The summed E-state index contributed by atoms with van der Waals surface area (Å²) in [4.78, 5) is 27.4. The average molecular weight is 410 g/mol. The van der Waals surface area contributed by atoms with Crippen LogP contribution in [0.2, 0.25) is 0 Å². The van der Waals surface area contributed by atoms with Gasteiger partial charge in [0.2, 0.25) is 0 Å². The smallest absolute Gasteiger partial charge is 0.344 e. The molecule has 0 radical (unpaired) electrons. The number of nitro groups is 1. The monoisotopic (exact) mass is 410 g/mol. The predicted molar refractivity (Wildman–Crippen MR) is 109 cm³/mol. The molecule has 5 rings (SSSR count). The number of esters is 1. The molecular weight excluding hydrogens is 392 g/mol. The number of methoxy groups -OCH3 is 1. The second-order valence-corrected chi connectivity index (χ2v) is 8.59. The summed E-state index contributed by atoms with van der Waals surface area (Å²) in [5, 5.41) is 17.1. The van der Waals surface area contributed by atoms with Gasteiger partial charge in [-0.3, -0.25) is 15.0 Å². The van der Waals surface area contributed by atoms with E-state index in [1.54, 1.807) is 16.8 Å². The highest BCUT2D eigenvalue weighted by Crippen LogP contribution is 2.54. The Morgan fingerprint density at radius 3 is 2.83 bits per heavy atom. The van der Waals surface area contributed by atoms with E-state index >= 15 is 0 Å². The highest BCUT2D eigenvalue weighted by molar-refractivity contribution is 8.12. The summed E-state index contributed by atoms with van der Waals surface area (Å²) in [6.07, 6.45) is 3.44. The molecule has 0 N–H and O–H groups in total. The fraction of sp³-hybridized carbons (Fsp3) is 0.300. The van der Waals surface area contributed by atoms with Crippen LogP contribution in [0.3, 0.4) is 0 Å². The molecule has 9 heteroatoms. The number of likely N-dealkylation sites (N-methyl/N-ethyl adjacent to an activating group) is 1. The van der Waals surface area contributed by atoms with Crippen LogP contribution in [0.4, 0.5) is 0 Å². The highest BCUT2D eigenvalue weighted by Gasteiger charge is 2.60. The van der Waals surface area contributed by atoms with E-state index in [1.807, 2.05) is 42.3 Å².